The molecule has 2 aromatic carbocycles. The topological polar surface area (TPSA) is 66.5 Å². The SMILES string of the molecule is Cc1ccc([C@H](C)NC(=O)C2CCN(S(=O)(=O)Cc3cccc(Cl)c3)CC2)cc1. The summed E-state index contributed by atoms with van der Waals surface area (Å²) in [5.41, 5.74) is 2.91. The van der Waals surface area contributed by atoms with Crippen molar-refractivity contribution in [3.63, 3.8) is 0 Å². The highest BCUT2D eigenvalue weighted by molar-refractivity contribution is 7.88. The lowest BCUT2D eigenvalue weighted by molar-refractivity contribution is -0.126. The lowest BCUT2D eigenvalue weighted by Gasteiger charge is -2.31. The molecule has 0 aromatic heterocycles. The number of benzene rings is 2. The van der Waals surface area contributed by atoms with Crippen LogP contribution in [0.5, 0.6) is 0 Å². The minimum absolute atomic E-state index is 0.00929. The Morgan fingerprint density at radius 3 is 2.45 bits per heavy atom. The predicted molar refractivity (Wildman–Crippen MR) is 116 cm³/mol. The van der Waals surface area contributed by atoms with Gasteiger partial charge < -0.3 is 5.32 Å². The molecule has 0 aliphatic carbocycles. The van der Waals surface area contributed by atoms with Crippen molar-refractivity contribution in [3.05, 3.63) is 70.2 Å². The van der Waals surface area contributed by atoms with Crippen LogP contribution in [0.15, 0.2) is 48.5 Å². The second-order valence-electron chi connectivity index (χ2n) is 7.70. The number of aryl methyl sites for hydroxylation is 1. The van der Waals surface area contributed by atoms with Crippen LogP contribution in [0.1, 0.15) is 42.5 Å². The van der Waals surface area contributed by atoms with Gasteiger partial charge in [-0.1, -0.05) is 53.6 Å². The molecule has 1 aliphatic heterocycles. The second-order valence-corrected chi connectivity index (χ2v) is 10.1. The highest BCUT2D eigenvalue weighted by Crippen LogP contribution is 2.24. The first-order chi connectivity index (χ1) is 13.7. The van der Waals surface area contributed by atoms with Gasteiger partial charge in [0.25, 0.3) is 0 Å². The molecule has 1 heterocycles. The molecule has 5 nitrogen and oxygen atoms in total. The number of sulfonamides is 1. The number of hydrogen-bond donors (Lipinski definition) is 1. The van der Waals surface area contributed by atoms with Crippen molar-refractivity contribution in [1.29, 1.82) is 0 Å². The maximum Gasteiger partial charge on any atom is 0.223 e. The molecule has 156 valence electrons. The van der Waals surface area contributed by atoms with E-state index >= 15 is 0 Å². The molecular weight excluding hydrogens is 408 g/mol. The molecule has 0 spiro atoms. The first-order valence-corrected chi connectivity index (χ1v) is 11.8. The number of rotatable bonds is 6. The Balaban J connectivity index is 1.54. The summed E-state index contributed by atoms with van der Waals surface area (Å²) in [5.74, 6) is -0.250. The number of halogens is 1. The van der Waals surface area contributed by atoms with Crippen molar-refractivity contribution >= 4 is 27.5 Å². The zero-order valence-corrected chi connectivity index (χ0v) is 18.3. The summed E-state index contributed by atoms with van der Waals surface area (Å²) < 4.78 is 26.9. The van der Waals surface area contributed by atoms with Crippen molar-refractivity contribution in [2.75, 3.05) is 13.1 Å². The average Bonchev–Trinajstić information content (AvgIpc) is 2.68. The predicted octanol–water partition coefficient (Wildman–Crippen LogP) is 4.07. The van der Waals surface area contributed by atoms with E-state index in [1.54, 1.807) is 24.3 Å². The third kappa shape index (κ3) is 5.81. The molecule has 1 amide bonds. The fourth-order valence-electron chi connectivity index (χ4n) is 3.59. The van der Waals surface area contributed by atoms with Crippen LogP contribution in [0.2, 0.25) is 5.02 Å². The molecule has 0 bridgehead atoms. The largest absolute Gasteiger partial charge is 0.349 e. The third-order valence-electron chi connectivity index (χ3n) is 5.39. The molecule has 1 saturated heterocycles. The minimum Gasteiger partial charge on any atom is -0.349 e. The summed E-state index contributed by atoms with van der Waals surface area (Å²) in [4.78, 5) is 12.6. The summed E-state index contributed by atoms with van der Waals surface area (Å²) in [7, 11) is -3.43. The fourth-order valence-corrected chi connectivity index (χ4v) is 5.36. The van der Waals surface area contributed by atoms with E-state index in [2.05, 4.69) is 5.32 Å². The second kappa shape index (κ2) is 9.28. The van der Waals surface area contributed by atoms with Gasteiger partial charge in [-0.25, -0.2) is 12.7 Å². The number of nitrogens with zero attached hydrogens (tertiary/aromatic N) is 1. The Morgan fingerprint density at radius 1 is 1.17 bits per heavy atom. The number of hydrogen-bond acceptors (Lipinski definition) is 3. The summed E-state index contributed by atoms with van der Waals surface area (Å²) in [6.07, 6.45) is 1.06. The minimum atomic E-state index is -3.43. The Bertz CT molecular complexity index is 952. The molecule has 29 heavy (non-hydrogen) atoms. The fraction of sp³-hybridized carbons (Fsp3) is 0.409. The van der Waals surface area contributed by atoms with Crippen LogP contribution in [0.3, 0.4) is 0 Å². The van der Waals surface area contributed by atoms with Crippen LogP contribution in [0.25, 0.3) is 0 Å². The molecule has 1 aliphatic rings. The van der Waals surface area contributed by atoms with Gasteiger partial charge in [-0.15, -0.1) is 0 Å². The molecule has 0 saturated carbocycles. The maximum atomic E-state index is 12.7. The van der Waals surface area contributed by atoms with E-state index < -0.39 is 10.0 Å². The Kier molecular flexibility index (Phi) is 6.98. The standard InChI is InChI=1S/C22H27ClN2O3S/c1-16-6-8-19(9-7-16)17(2)24-22(26)20-10-12-25(13-11-20)29(27,28)15-18-4-3-5-21(23)14-18/h3-9,14,17,20H,10-13,15H2,1-2H3,(H,24,26)/t17-/m0/s1. The lowest BCUT2D eigenvalue weighted by atomic mass is 9.96. The molecule has 7 heteroatoms. The smallest absolute Gasteiger partial charge is 0.223 e. The highest BCUT2D eigenvalue weighted by atomic mass is 35.5. The average molecular weight is 435 g/mol. The molecule has 0 unspecified atom stereocenters. The summed E-state index contributed by atoms with van der Waals surface area (Å²) in [6.45, 7) is 4.72. The normalized spacial score (nSPS) is 17.1. The van der Waals surface area contributed by atoms with E-state index in [4.69, 9.17) is 11.6 Å². The number of carbonyl (C=O) groups is 1. The van der Waals surface area contributed by atoms with Gasteiger partial charge in [0.05, 0.1) is 11.8 Å². The van der Waals surface area contributed by atoms with Gasteiger partial charge in [0.1, 0.15) is 0 Å². The molecule has 1 N–H and O–H groups in total. The third-order valence-corrected chi connectivity index (χ3v) is 7.48. The Hall–Kier alpha value is -1.89. The number of nitrogens with one attached hydrogen (secondary N) is 1. The molecule has 3 rings (SSSR count). The monoisotopic (exact) mass is 434 g/mol. The number of carbonyl (C=O) groups excluding carboxylic acids is 1. The van der Waals surface area contributed by atoms with Gasteiger partial charge in [-0.05, 0) is 49.9 Å². The summed E-state index contributed by atoms with van der Waals surface area (Å²) in [5, 5.41) is 3.59. The van der Waals surface area contributed by atoms with Gasteiger partial charge in [0, 0.05) is 24.0 Å². The first-order valence-electron chi connectivity index (χ1n) is 9.84. The van der Waals surface area contributed by atoms with Gasteiger partial charge >= 0.3 is 0 Å². The van der Waals surface area contributed by atoms with Crippen molar-refractivity contribution in [3.8, 4) is 0 Å². The van der Waals surface area contributed by atoms with Gasteiger partial charge in [-0.3, -0.25) is 4.79 Å². The van der Waals surface area contributed by atoms with Crippen molar-refractivity contribution in [1.82, 2.24) is 9.62 Å². The van der Waals surface area contributed by atoms with Gasteiger partial charge in [0.2, 0.25) is 15.9 Å². The van der Waals surface area contributed by atoms with Crippen LogP contribution in [-0.4, -0.2) is 31.7 Å². The van der Waals surface area contributed by atoms with E-state index in [1.807, 2.05) is 38.1 Å². The summed E-state index contributed by atoms with van der Waals surface area (Å²) in [6, 6.07) is 14.9. The highest BCUT2D eigenvalue weighted by Gasteiger charge is 2.31. The van der Waals surface area contributed by atoms with E-state index in [0.29, 0.717) is 36.5 Å². The molecule has 1 fully saturated rings. The molecular formula is C22H27ClN2O3S. The van der Waals surface area contributed by atoms with E-state index in [-0.39, 0.29) is 23.6 Å². The summed E-state index contributed by atoms with van der Waals surface area (Å²) >= 11 is 5.95. The van der Waals surface area contributed by atoms with Crippen LogP contribution in [-0.2, 0) is 20.6 Å². The molecule has 2 aromatic rings. The molecule has 0 radical (unpaired) electrons. The Morgan fingerprint density at radius 2 is 1.83 bits per heavy atom. The van der Waals surface area contributed by atoms with Gasteiger partial charge in [0.15, 0.2) is 0 Å². The van der Waals surface area contributed by atoms with Crippen LogP contribution in [0, 0.1) is 12.8 Å². The Labute approximate surface area is 178 Å². The zero-order chi connectivity index (χ0) is 21.0. The van der Waals surface area contributed by atoms with Crippen LogP contribution < -0.4 is 5.32 Å². The van der Waals surface area contributed by atoms with Crippen LogP contribution >= 0.6 is 11.6 Å². The lowest BCUT2D eigenvalue weighted by Crippen LogP contribution is -2.43. The number of piperidine rings is 1. The van der Waals surface area contributed by atoms with Crippen molar-refractivity contribution < 1.29 is 13.2 Å². The zero-order valence-electron chi connectivity index (χ0n) is 16.8. The van der Waals surface area contributed by atoms with Gasteiger partial charge in [-0.2, -0.15) is 0 Å². The van der Waals surface area contributed by atoms with Crippen molar-refractivity contribution in [2.24, 2.45) is 5.92 Å². The van der Waals surface area contributed by atoms with Crippen molar-refractivity contribution in [2.45, 2.75) is 38.5 Å². The van der Waals surface area contributed by atoms with E-state index in [0.717, 1.165) is 5.56 Å². The van der Waals surface area contributed by atoms with Crippen LogP contribution in [0.4, 0.5) is 0 Å². The number of amides is 1. The van der Waals surface area contributed by atoms with E-state index in [9.17, 15) is 13.2 Å². The first kappa shape index (κ1) is 21.8. The van der Waals surface area contributed by atoms with E-state index in [1.165, 1.54) is 9.87 Å². The molecule has 1 atom stereocenters. The quantitative estimate of drug-likeness (QED) is 0.745. The maximum absolute atomic E-state index is 12.7.